The Balaban J connectivity index is 3.67. The van der Waals surface area contributed by atoms with Crippen molar-refractivity contribution in [3.63, 3.8) is 0 Å². The number of aliphatic hydroxyl groups excluding tert-OH is 1. The molecule has 0 aromatic carbocycles. The van der Waals surface area contributed by atoms with E-state index in [4.69, 9.17) is 10.8 Å². The van der Waals surface area contributed by atoms with Gasteiger partial charge in [0.05, 0.1) is 0 Å². The van der Waals surface area contributed by atoms with Crippen LogP contribution in [0.5, 0.6) is 0 Å². The van der Waals surface area contributed by atoms with E-state index >= 15 is 0 Å². The number of aliphatic hydroxyl groups is 1. The summed E-state index contributed by atoms with van der Waals surface area (Å²) in [4.78, 5) is 10.4. The Morgan fingerprint density at radius 1 is 1.90 bits per heavy atom. The highest BCUT2D eigenvalue weighted by Crippen LogP contribution is 1.91. The maximum absolute atomic E-state index is 10.4. The van der Waals surface area contributed by atoms with Crippen molar-refractivity contribution in [3.05, 3.63) is 12.7 Å². The van der Waals surface area contributed by atoms with Crippen LogP contribution in [-0.4, -0.2) is 23.4 Å². The molecular formula is C6H11NO3. The minimum atomic E-state index is -0.967. The largest absolute Gasteiger partial charge is 0.441 e. The van der Waals surface area contributed by atoms with Gasteiger partial charge in [0.15, 0.2) is 6.23 Å². The van der Waals surface area contributed by atoms with Crippen LogP contribution in [0.2, 0.25) is 0 Å². The van der Waals surface area contributed by atoms with E-state index in [-0.39, 0.29) is 0 Å². The molecule has 0 saturated heterocycles. The molecule has 0 bridgehead atoms. The smallest absolute Gasteiger partial charge is 0.331 e. The van der Waals surface area contributed by atoms with Crippen molar-refractivity contribution in [1.29, 1.82) is 0 Å². The third-order valence-electron chi connectivity index (χ3n) is 0.894. The SMILES string of the molecule is C=CC(=O)OC(N)C(C)O. The summed E-state index contributed by atoms with van der Waals surface area (Å²) in [7, 11) is 0. The summed E-state index contributed by atoms with van der Waals surface area (Å²) in [6, 6.07) is 0. The molecule has 0 spiro atoms. The van der Waals surface area contributed by atoms with Crippen molar-refractivity contribution in [2.75, 3.05) is 0 Å². The van der Waals surface area contributed by atoms with Gasteiger partial charge in [0.2, 0.25) is 0 Å². The zero-order valence-corrected chi connectivity index (χ0v) is 5.78. The molecule has 0 aliphatic rings. The lowest BCUT2D eigenvalue weighted by molar-refractivity contribution is -0.147. The molecule has 0 rings (SSSR count). The van der Waals surface area contributed by atoms with E-state index in [0.717, 1.165) is 6.08 Å². The molecule has 0 saturated carbocycles. The number of ether oxygens (including phenoxy) is 1. The fraction of sp³-hybridized carbons (Fsp3) is 0.500. The van der Waals surface area contributed by atoms with Crippen molar-refractivity contribution in [2.45, 2.75) is 19.3 Å². The Bertz CT molecular complexity index is 133. The molecule has 0 radical (unpaired) electrons. The van der Waals surface area contributed by atoms with Crippen LogP contribution in [0.3, 0.4) is 0 Å². The summed E-state index contributed by atoms with van der Waals surface area (Å²) >= 11 is 0. The van der Waals surface area contributed by atoms with Crippen molar-refractivity contribution in [1.82, 2.24) is 0 Å². The Morgan fingerprint density at radius 3 is 2.70 bits per heavy atom. The van der Waals surface area contributed by atoms with Crippen molar-refractivity contribution >= 4 is 5.97 Å². The van der Waals surface area contributed by atoms with Crippen LogP contribution in [-0.2, 0) is 9.53 Å². The standard InChI is InChI=1S/C6H11NO3/c1-3-5(9)10-6(7)4(2)8/h3-4,6,8H,1,7H2,2H3. The number of esters is 1. The number of hydrogen-bond donors (Lipinski definition) is 2. The number of carbonyl (C=O) groups is 1. The van der Waals surface area contributed by atoms with E-state index < -0.39 is 18.3 Å². The fourth-order valence-electron chi connectivity index (χ4n) is 0.281. The van der Waals surface area contributed by atoms with Gasteiger partial charge in [-0.3, -0.25) is 5.73 Å². The summed E-state index contributed by atoms with van der Waals surface area (Å²) in [5.41, 5.74) is 5.15. The Kier molecular flexibility index (Phi) is 3.68. The summed E-state index contributed by atoms with van der Waals surface area (Å²) in [5.74, 6) is -0.631. The lowest BCUT2D eigenvalue weighted by Crippen LogP contribution is -2.36. The normalized spacial score (nSPS) is 15.5. The first kappa shape index (κ1) is 9.13. The first-order valence-electron chi connectivity index (χ1n) is 2.84. The predicted molar refractivity (Wildman–Crippen MR) is 35.9 cm³/mol. The molecular weight excluding hydrogens is 134 g/mol. The second-order valence-corrected chi connectivity index (χ2v) is 1.85. The quantitative estimate of drug-likeness (QED) is 0.315. The van der Waals surface area contributed by atoms with Gasteiger partial charge in [0, 0.05) is 6.08 Å². The van der Waals surface area contributed by atoms with Crippen molar-refractivity contribution in [2.24, 2.45) is 5.73 Å². The fourth-order valence-corrected chi connectivity index (χ4v) is 0.281. The highest BCUT2D eigenvalue weighted by atomic mass is 16.6. The average Bonchev–Trinajstić information content (AvgIpc) is 1.87. The summed E-state index contributed by atoms with van der Waals surface area (Å²) < 4.78 is 4.43. The minimum absolute atomic E-state index is 0.631. The van der Waals surface area contributed by atoms with Crippen molar-refractivity contribution in [3.8, 4) is 0 Å². The van der Waals surface area contributed by atoms with E-state index in [1.54, 1.807) is 0 Å². The molecule has 4 heteroatoms. The van der Waals surface area contributed by atoms with Gasteiger partial charge in [-0.05, 0) is 6.92 Å². The van der Waals surface area contributed by atoms with Gasteiger partial charge in [0.1, 0.15) is 6.10 Å². The van der Waals surface area contributed by atoms with Crippen LogP contribution in [0, 0.1) is 0 Å². The lowest BCUT2D eigenvalue weighted by atomic mass is 10.4. The molecule has 4 nitrogen and oxygen atoms in total. The van der Waals surface area contributed by atoms with Gasteiger partial charge in [0.25, 0.3) is 0 Å². The molecule has 0 aliphatic heterocycles. The molecule has 58 valence electrons. The first-order valence-corrected chi connectivity index (χ1v) is 2.84. The summed E-state index contributed by atoms with van der Waals surface area (Å²) in [5, 5.41) is 8.73. The number of nitrogens with two attached hydrogens (primary N) is 1. The zero-order valence-electron chi connectivity index (χ0n) is 5.78. The van der Waals surface area contributed by atoms with Gasteiger partial charge in [-0.15, -0.1) is 0 Å². The van der Waals surface area contributed by atoms with Crippen LogP contribution in [0.4, 0.5) is 0 Å². The molecule has 0 fully saturated rings. The minimum Gasteiger partial charge on any atom is -0.441 e. The van der Waals surface area contributed by atoms with E-state index in [0.29, 0.717) is 0 Å². The second-order valence-electron chi connectivity index (χ2n) is 1.85. The number of hydrogen-bond acceptors (Lipinski definition) is 4. The molecule has 0 heterocycles. The number of rotatable bonds is 3. The van der Waals surface area contributed by atoms with E-state index in [1.165, 1.54) is 6.92 Å². The highest BCUT2D eigenvalue weighted by molar-refractivity contribution is 5.81. The molecule has 10 heavy (non-hydrogen) atoms. The molecule has 0 aromatic rings. The lowest BCUT2D eigenvalue weighted by Gasteiger charge is -2.13. The molecule has 3 N–H and O–H groups in total. The van der Waals surface area contributed by atoms with Crippen LogP contribution in [0.1, 0.15) is 6.92 Å². The van der Waals surface area contributed by atoms with Gasteiger partial charge < -0.3 is 9.84 Å². The molecule has 2 atom stereocenters. The first-order chi connectivity index (χ1) is 4.57. The van der Waals surface area contributed by atoms with Gasteiger partial charge >= 0.3 is 5.97 Å². The van der Waals surface area contributed by atoms with Crippen LogP contribution in [0.15, 0.2) is 12.7 Å². The predicted octanol–water partition coefficient (Wildman–Crippen LogP) is -0.619. The Hall–Kier alpha value is -0.870. The third kappa shape index (κ3) is 3.21. The average molecular weight is 145 g/mol. The zero-order chi connectivity index (χ0) is 8.15. The topological polar surface area (TPSA) is 72.5 Å². The Morgan fingerprint density at radius 2 is 2.40 bits per heavy atom. The van der Waals surface area contributed by atoms with Crippen LogP contribution >= 0.6 is 0 Å². The maximum atomic E-state index is 10.4. The summed E-state index contributed by atoms with van der Waals surface area (Å²) in [6.07, 6.45) is -0.836. The summed E-state index contributed by atoms with van der Waals surface area (Å²) in [6.45, 7) is 4.59. The monoisotopic (exact) mass is 145 g/mol. The van der Waals surface area contributed by atoms with E-state index in [9.17, 15) is 4.79 Å². The van der Waals surface area contributed by atoms with Crippen LogP contribution < -0.4 is 5.73 Å². The molecule has 0 aromatic heterocycles. The molecule has 0 amide bonds. The van der Waals surface area contributed by atoms with Crippen LogP contribution in [0.25, 0.3) is 0 Å². The van der Waals surface area contributed by atoms with E-state index in [1.807, 2.05) is 0 Å². The second kappa shape index (κ2) is 4.03. The third-order valence-corrected chi connectivity index (χ3v) is 0.894. The number of carbonyl (C=O) groups excluding carboxylic acids is 1. The maximum Gasteiger partial charge on any atom is 0.331 e. The molecule has 0 aliphatic carbocycles. The Labute approximate surface area is 59.3 Å². The highest BCUT2D eigenvalue weighted by Gasteiger charge is 2.11. The van der Waals surface area contributed by atoms with Gasteiger partial charge in [-0.1, -0.05) is 6.58 Å². The van der Waals surface area contributed by atoms with Gasteiger partial charge in [-0.25, -0.2) is 4.79 Å². The van der Waals surface area contributed by atoms with Crippen molar-refractivity contribution < 1.29 is 14.6 Å². The van der Waals surface area contributed by atoms with E-state index in [2.05, 4.69) is 11.3 Å². The van der Waals surface area contributed by atoms with Gasteiger partial charge in [-0.2, -0.15) is 0 Å². The molecule has 2 unspecified atom stereocenters.